The van der Waals surface area contributed by atoms with Gasteiger partial charge in [0.15, 0.2) is 23.3 Å². The van der Waals surface area contributed by atoms with E-state index in [1.165, 1.54) is 5.56 Å². The van der Waals surface area contributed by atoms with Crippen molar-refractivity contribution < 1.29 is 14.2 Å². The Balaban J connectivity index is 0.00000289. The first-order chi connectivity index (χ1) is 15.2. The molecule has 1 aromatic heterocycles. The molecule has 0 spiro atoms. The number of halogens is 1. The monoisotopic (exact) mass is 550 g/mol. The molecule has 1 aliphatic rings. The lowest BCUT2D eigenvalue weighted by Crippen LogP contribution is -2.38. The van der Waals surface area contributed by atoms with Crippen molar-refractivity contribution in [1.82, 2.24) is 25.8 Å². The summed E-state index contributed by atoms with van der Waals surface area (Å²) < 4.78 is 16.0. The van der Waals surface area contributed by atoms with Crippen LogP contribution in [-0.2, 0) is 13.0 Å². The first kappa shape index (κ1) is 23.6. The number of methoxy groups -OCH3 is 1. The van der Waals surface area contributed by atoms with E-state index in [9.17, 15) is 0 Å². The highest BCUT2D eigenvalue weighted by Crippen LogP contribution is 2.32. The van der Waals surface area contributed by atoms with Gasteiger partial charge in [0.25, 0.3) is 0 Å². The van der Waals surface area contributed by atoms with E-state index in [4.69, 9.17) is 14.2 Å². The fourth-order valence-corrected chi connectivity index (χ4v) is 3.15. The van der Waals surface area contributed by atoms with E-state index in [0.29, 0.717) is 18.2 Å². The van der Waals surface area contributed by atoms with Crippen molar-refractivity contribution in [3.05, 3.63) is 53.9 Å². The van der Waals surface area contributed by atoms with E-state index in [1.54, 1.807) is 7.11 Å². The summed E-state index contributed by atoms with van der Waals surface area (Å²) in [6, 6.07) is 13.6. The van der Waals surface area contributed by atoms with Gasteiger partial charge in [-0.1, -0.05) is 6.07 Å². The number of benzene rings is 2. The molecule has 9 nitrogen and oxygen atoms in total. The summed E-state index contributed by atoms with van der Waals surface area (Å²) in [7, 11) is 1.64. The van der Waals surface area contributed by atoms with E-state index in [1.807, 2.05) is 43.3 Å². The minimum Gasteiger partial charge on any atom is -0.497 e. The van der Waals surface area contributed by atoms with Crippen LogP contribution < -0.4 is 24.8 Å². The topological polar surface area (TPSA) is 106 Å². The molecule has 1 aliphatic heterocycles. The van der Waals surface area contributed by atoms with Crippen molar-refractivity contribution in [3.8, 4) is 28.6 Å². The van der Waals surface area contributed by atoms with Gasteiger partial charge in [0.1, 0.15) is 18.1 Å². The molecule has 0 atom stereocenters. The molecule has 4 rings (SSSR count). The minimum absolute atomic E-state index is 0. The van der Waals surface area contributed by atoms with E-state index in [2.05, 4.69) is 36.9 Å². The summed E-state index contributed by atoms with van der Waals surface area (Å²) in [6.07, 6.45) is 0.838. The first-order valence-corrected chi connectivity index (χ1v) is 10.2. The van der Waals surface area contributed by atoms with Gasteiger partial charge in [-0.2, -0.15) is 5.10 Å². The maximum atomic E-state index is 5.44. The van der Waals surface area contributed by atoms with Crippen LogP contribution in [0.25, 0.3) is 11.4 Å². The number of aliphatic imine (C=N–C) groups is 1. The van der Waals surface area contributed by atoms with E-state index >= 15 is 0 Å². The Morgan fingerprint density at radius 3 is 2.72 bits per heavy atom. The molecule has 0 radical (unpaired) electrons. The van der Waals surface area contributed by atoms with Gasteiger partial charge in [0, 0.05) is 18.7 Å². The highest BCUT2D eigenvalue weighted by Gasteiger charge is 2.13. The van der Waals surface area contributed by atoms with Gasteiger partial charge >= 0.3 is 0 Å². The van der Waals surface area contributed by atoms with Gasteiger partial charge in [0.05, 0.1) is 7.11 Å². The van der Waals surface area contributed by atoms with E-state index < -0.39 is 0 Å². The fourth-order valence-electron chi connectivity index (χ4n) is 3.15. The molecule has 0 saturated carbocycles. The number of guanidine groups is 1. The third-order valence-corrected chi connectivity index (χ3v) is 4.75. The molecule has 0 fully saturated rings. The van der Waals surface area contributed by atoms with Gasteiger partial charge in [-0.25, -0.2) is 9.98 Å². The van der Waals surface area contributed by atoms with Gasteiger partial charge in [0.2, 0.25) is 6.79 Å². The van der Waals surface area contributed by atoms with Crippen LogP contribution >= 0.6 is 24.0 Å². The van der Waals surface area contributed by atoms with Crippen molar-refractivity contribution in [2.75, 3.05) is 27.0 Å². The quantitative estimate of drug-likeness (QED) is 0.225. The van der Waals surface area contributed by atoms with Crippen LogP contribution in [-0.4, -0.2) is 48.1 Å². The van der Waals surface area contributed by atoms with Crippen LogP contribution in [0.2, 0.25) is 0 Å². The lowest BCUT2D eigenvalue weighted by molar-refractivity contribution is 0.174. The number of ether oxygens (including phenoxy) is 3. The maximum Gasteiger partial charge on any atom is 0.231 e. The lowest BCUT2D eigenvalue weighted by atomic mass is 10.1. The number of H-pyrrole nitrogens is 1. The zero-order chi connectivity index (χ0) is 21.5. The van der Waals surface area contributed by atoms with Gasteiger partial charge < -0.3 is 24.8 Å². The van der Waals surface area contributed by atoms with Crippen molar-refractivity contribution in [2.24, 2.45) is 4.99 Å². The number of nitrogens with one attached hydrogen (secondary N) is 3. The Morgan fingerprint density at radius 2 is 1.94 bits per heavy atom. The number of fused-ring (bicyclic) bond motifs is 1. The summed E-state index contributed by atoms with van der Waals surface area (Å²) >= 11 is 0. The summed E-state index contributed by atoms with van der Waals surface area (Å²) in [5.74, 6) is 4.45. The molecule has 0 amide bonds. The molecule has 170 valence electrons. The summed E-state index contributed by atoms with van der Waals surface area (Å²) in [5.41, 5.74) is 2.09. The smallest absolute Gasteiger partial charge is 0.231 e. The number of rotatable bonds is 8. The molecule has 0 aliphatic carbocycles. The Morgan fingerprint density at radius 1 is 1.12 bits per heavy atom. The Kier molecular flexibility index (Phi) is 8.54. The molecular formula is C22H27IN6O3. The van der Waals surface area contributed by atoms with Crippen LogP contribution in [0.1, 0.15) is 18.3 Å². The van der Waals surface area contributed by atoms with E-state index in [0.717, 1.165) is 48.3 Å². The predicted octanol–water partition coefficient (Wildman–Crippen LogP) is 3.12. The largest absolute Gasteiger partial charge is 0.497 e. The Hall–Kier alpha value is -3.02. The molecule has 2 heterocycles. The normalized spacial score (nSPS) is 12.2. The van der Waals surface area contributed by atoms with Crippen molar-refractivity contribution >= 4 is 29.9 Å². The van der Waals surface area contributed by atoms with Gasteiger partial charge in [-0.15, -0.1) is 24.0 Å². The number of hydrogen-bond donors (Lipinski definition) is 3. The SMILES string of the molecule is CCNC(=NCc1nc(-c2ccc(OC)cc2)n[nH]1)NCCc1ccc2c(c1)OCO2.I. The second-order valence-electron chi connectivity index (χ2n) is 6.89. The maximum absolute atomic E-state index is 5.44. The third-order valence-electron chi connectivity index (χ3n) is 4.75. The molecule has 2 aromatic carbocycles. The molecular weight excluding hydrogens is 523 g/mol. The highest BCUT2D eigenvalue weighted by atomic mass is 127. The summed E-state index contributed by atoms with van der Waals surface area (Å²) in [5, 5.41) is 13.8. The van der Waals surface area contributed by atoms with Crippen LogP contribution in [0, 0.1) is 0 Å². The molecule has 3 N–H and O–H groups in total. The predicted molar refractivity (Wildman–Crippen MR) is 133 cm³/mol. The average Bonchev–Trinajstić information content (AvgIpc) is 3.47. The zero-order valence-electron chi connectivity index (χ0n) is 18.1. The van der Waals surface area contributed by atoms with E-state index in [-0.39, 0.29) is 30.8 Å². The van der Waals surface area contributed by atoms with Crippen molar-refractivity contribution in [1.29, 1.82) is 0 Å². The first-order valence-electron chi connectivity index (χ1n) is 10.2. The standard InChI is InChI=1S/C22H26N6O3.HI/c1-3-23-22(24-11-10-15-4-9-18-19(12-15)31-14-30-18)25-13-20-26-21(28-27-20)16-5-7-17(29-2)8-6-16;/h4-9,12H,3,10-11,13-14H2,1-2H3,(H2,23,24,25)(H,26,27,28);1H. The molecule has 32 heavy (non-hydrogen) atoms. The number of nitrogens with zero attached hydrogens (tertiary/aromatic N) is 3. The lowest BCUT2D eigenvalue weighted by Gasteiger charge is -2.11. The minimum atomic E-state index is 0. The summed E-state index contributed by atoms with van der Waals surface area (Å²) in [6.45, 7) is 4.21. The highest BCUT2D eigenvalue weighted by molar-refractivity contribution is 14.0. The van der Waals surface area contributed by atoms with Gasteiger partial charge in [-0.05, 0) is 55.3 Å². The van der Waals surface area contributed by atoms with Crippen LogP contribution in [0.3, 0.4) is 0 Å². The van der Waals surface area contributed by atoms with Crippen molar-refractivity contribution in [3.63, 3.8) is 0 Å². The molecule has 0 bridgehead atoms. The van der Waals surface area contributed by atoms with Gasteiger partial charge in [-0.3, -0.25) is 5.10 Å². The Bertz CT molecular complexity index is 1040. The molecule has 0 unspecified atom stereocenters. The number of aromatic amines is 1. The van der Waals surface area contributed by atoms with Crippen LogP contribution in [0.5, 0.6) is 17.2 Å². The fraction of sp³-hybridized carbons (Fsp3) is 0.318. The van der Waals surface area contributed by atoms with Crippen molar-refractivity contribution in [2.45, 2.75) is 19.9 Å². The second kappa shape index (κ2) is 11.6. The Labute approximate surface area is 204 Å². The van der Waals surface area contributed by atoms with Crippen LogP contribution in [0.4, 0.5) is 0 Å². The average molecular weight is 550 g/mol. The summed E-state index contributed by atoms with van der Waals surface area (Å²) in [4.78, 5) is 9.14. The molecule has 0 saturated heterocycles. The van der Waals surface area contributed by atoms with Crippen LogP contribution in [0.15, 0.2) is 47.5 Å². The third kappa shape index (κ3) is 6.02. The second-order valence-corrected chi connectivity index (χ2v) is 6.89. The molecule has 3 aromatic rings. The number of hydrogen-bond acceptors (Lipinski definition) is 6. The zero-order valence-corrected chi connectivity index (χ0v) is 20.4. The number of aromatic nitrogens is 3. The molecule has 10 heteroatoms.